The van der Waals surface area contributed by atoms with Crippen molar-refractivity contribution in [1.82, 2.24) is 15.3 Å². The van der Waals surface area contributed by atoms with Crippen LogP contribution in [0.2, 0.25) is 5.02 Å². The predicted octanol–water partition coefficient (Wildman–Crippen LogP) is 6.11. The number of nitrogens with zero attached hydrogens (tertiary/aromatic N) is 2. The molecule has 0 aliphatic heterocycles. The van der Waals surface area contributed by atoms with Gasteiger partial charge in [-0.05, 0) is 56.6 Å². The van der Waals surface area contributed by atoms with Crippen LogP contribution < -0.4 is 20.1 Å². The fourth-order valence-electron chi connectivity index (χ4n) is 3.52. The van der Waals surface area contributed by atoms with Crippen LogP contribution in [0.15, 0.2) is 36.7 Å². The third-order valence-corrected chi connectivity index (χ3v) is 5.43. The third-order valence-electron chi connectivity index (χ3n) is 5.14. The predicted molar refractivity (Wildman–Crippen MR) is 128 cm³/mol. The molecule has 172 valence electrons. The SMILES string of the molecule is CCC[C@@H](CCCNCC)Oc1cc2c(Nc3ccc(F)c(Cl)c3)ncnc2cc1OC. The molecule has 1 atom stereocenters. The molecule has 2 N–H and O–H groups in total. The molecule has 0 fully saturated rings. The first-order valence-electron chi connectivity index (χ1n) is 11.0. The molecular formula is C24H30ClFN4O2. The molecular weight excluding hydrogens is 431 g/mol. The second-order valence-corrected chi connectivity index (χ2v) is 7.93. The van der Waals surface area contributed by atoms with Gasteiger partial charge >= 0.3 is 0 Å². The maximum atomic E-state index is 13.5. The molecule has 0 radical (unpaired) electrons. The van der Waals surface area contributed by atoms with E-state index in [1.54, 1.807) is 13.2 Å². The first kappa shape index (κ1) is 24.0. The van der Waals surface area contributed by atoms with E-state index in [0.717, 1.165) is 44.2 Å². The van der Waals surface area contributed by atoms with Crippen LogP contribution in [0.5, 0.6) is 11.5 Å². The Kier molecular flexibility index (Phi) is 8.88. The number of halogens is 2. The molecule has 0 bridgehead atoms. The van der Waals surface area contributed by atoms with Crippen molar-refractivity contribution in [2.45, 2.75) is 45.6 Å². The maximum absolute atomic E-state index is 13.5. The number of nitrogens with one attached hydrogen (secondary N) is 2. The van der Waals surface area contributed by atoms with E-state index in [9.17, 15) is 4.39 Å². The van der Waals surface area contributed by atoms with Crippen LogP contribution >= 0.6 is 11.6 Å². The Morgan fingerprint density at radius 3 is 2.66 bits per heavy atom. The van der Waals surface area contributed by atoms with E-state index in [4.69, 9.17) is 21.1 Å². The van der Waals surface area contributed by atoms with Crippen molar-refractivity contribution < 1.29 is 13.9 Å². The molecule has 3 rings (SSSR count). The first-order valence-corrected chi connectivity index (χ1v) is 11.4. The highest BCUT2D eigenvalue weighted by Crippen LogP contribution is 2.36. The van der Waals surface area contributed by atoms with E-state index in [-0.39, 0.29) is 11.1 Å². The van der Waals surface area contributed by atoms with Gasteiger partial charge in [0.1, 0.15) is 18.0 Å². The molecule has 0 aliphatic carbocycles. The van der Waals surface area contributed by atoms with Gasteiger partial charge in [0.2, 0.25) is 0 Å². The summed E-state index contributed by atoms with van der Waals surface area (Å²) in [5, 5.41) is 7.37. The summed E-state index contributed by atoms with van der Waals surface area (Å²) in [6, 6.07) is 8.19. The van der Waals surface area contributed by atoms with Crippen LogP contribution in [0.1, 0.15) is 39.5 Å². The largest absolute Gasteiger partial charge is 0.493 e. The molecule has 0 spiro atoms. The molecule has 3 aromatic rings. The van der Waals surface area contributed by atoms with Crippen molar-refractivity contribution in [3.63, 3.8) is 0 Å². The van der Waals surface area contributed by atoms with Crippen LogP contribution in [-0.4, -0.2) is 36.3 Å². The molecule has 6 nitrogen and oxygen atoms in total. The normalized spacial score (nSPS) is 12.0. The second-order valence-electron chi connectivity index (χ2n) is 7.52. The number of benzene rings is 2. The number of fused-ring (bicyclic) bond motifs is 1. The van der Waals surface area contributed by atoms with Gasteiger partial charge in [-0.25, -0.2) is 14.4 Å². The van der Waals surface area contributed by atoms with Crippen LogP contribution in [0.25, 0.3) is 10.9 Å². The Labute approximate surface area is 193 Å². The second kappa shape index (κ2) is 11.8. The smallest absolute Gasteiger partial charge is 0.162 e. The van der Waals surface area contributed by atoms with Gasteiger partial charge in [-0.15, -0.1) is 0 Å². The van der Waals surface area contributed by atoms with Gasteiger partial charge in [0, 0.05) is 17.1 Å². The van der Waals surface area contributed by atoms with Gasteiger partial charge in [-0.2, -0.15) is 0 Å². The quantitative estimate of drug-likeness (QED) is 0.318. The Balaban J connectivity index is 1.90. The Morgan fingerprint density at radius 2 is 1.94 bits per heavy atom. The minimum absolute atomic E-state index is 0.0408. The van der Waals surface area contributed by atoms with Crippen molar-refractivity contribution in [1.29, 1.82) is 0 Å². The average Bonchev–Trinajstić information content (AvgIpc) is 2.79. The zero-order chi connectivity index (χ0) is 22.9. The lowest BCUT2D eigenvalue weighted by Crippen LogP contribution is -2.20. The Hall–Kier alpha value is -2.64. The van der Waals surface area contributed by atoms with Crippen LogP contribution in [0.4, 0.5) is 15.9 Å². The minimum Gasteiger partial charge on any atom is -0.493 e. The van der Waals surface area contributed by atoms with E-state index in [2.05, 4.69) is 34.4 Å². The number of hydrogen-bond acceptors (Lipinski definition) is 6. The van der Waals surface area contributed by atoms with Crippen LogP contribution in [0.3, 0.4) is 0 Å². The molecule has 0 amide bonds. The number of aromatic nitrogens is 2. The van der Waals surface area contributed by atoms with Gasteiger partial charge in [-0.1, -0.05) is 31.9 Å². The molecule has 0 unspecified atom stereocenters. The average molecular weight is 461 g/mol. The van der Waals surface area contributed by atoms with Crippen molar-refractivity contribution in [3.05, 3.63) is 47.5 Å². The summed E-state index contributed by atoms with van der Waals surface area (Å²) in [6.07, 6.45) is 5.53. The zero-order valence-electron chi connectivity index (χ0n) is 18.8. The summed E-state index contributed by atoms with van der Waals surface area (Å²) >= 11 is 5.92. The van der Waals surface area contributed by atoms with E-state index in [1.165, 1.54) is 18.5 Å². The number of rotatable bonds is 12. The zero-order valence-corrected chi connectivity index (χ0v) is 19.5. The molecule has 32 heavy (non-hydrogen) atoms. The highest BCUT2D eigenvalue weighted by molar-refractivity contribution is 6.31. The molecule has 1 aromatic heterocycles. The summed E-state index contributed by atoms with van der Waals surface area (Å²) in [4.78, 5) is 8.74. The highest BCUT2D eigenvalue weighted by Gasteiger charge is 2.16. The van der Waals surface area contributed by atoms with Crippen molar-refractivity contribution >= 4 is 34.0 Å². The molecule has 2 aromatic carbocycles. The van der Waals surface area contributed by atoms with Gasteiger partial charge in [0.15, 0.2) is 11.5 Å². The molecule has 0 aliphatic rings. The lowest BCUT2D eigenvalue weighted by Gasteiger charge is -2.21. The first-order chi connectivity index (χ1) is 15.5. The Morgan fingerprint density at radius 1 is 1.09 bits per heavy atom. The van der Waals surface area contributed by atoms with Crippen molar-refractivity contribution in [2.24, 2.45) is 0 Å². The summed E-state index contributed by atoms with van der Waals surface area (Å²) in [7, 11) is 1.62. The summed E-state index contributed by atoms with van der Waals surface area (Å²) in [5.74, 6) is 1.38. The number of methoxy groups -OCH3 is 1. The molecule has 8 heteroatoms. The van der Waals surface area contributed by atoms with Gasteiger partial charge in [-0.3, -0.25) is 0 Å². The van der Waals surface area contributed by atoms with Gasteiger partial charge in [0.05, 0.1) is 23.8 Å². The summed E-state index contributed by atoms with van der Waals surface area (Å²) < 4.78 is 25.5. The van der Waals surface area contributed by atoms with E-state index < -0.39 is 5.82 Å². The number of hydrogen-bond donors (Lipinski definition) is 2. The fraction of sp³-hybridized carbons (Fsp3) is 0.417. The summed E-state index contributed by atoms with van der Waals surface area (Å²) in [5.41, 5.74) is 1.33. The molecule has 0 saturated carbocycles. The standard InChI is InChI=1S/C24H30ClFN4O2/c1-4-7-17(8-6-11-27-5-2)32-23-13-18-21(14-22(23)31-3)28-15-29-24(18)30-16-9-10-20(26)19(25)12-16/h9-10,12-15,17,27H,4-8,11H2,1-3H3,(H,28,29,30)/t17-/m0/s1. The lowest BCUT2D eigenvalue weighted by atomic mass is 10.1. The number of ether oxygens (including phenoxy) is 2. The van der Waals surface area contributed by atoms with Crippen molar-refractivity contribution in [3.8, 4) is 11.5 Å². The van der Waals surface area contributed by atoms with Crippen LogP contribution in [0, 0.1) is 5.82 Å². The number of anilines is 2. The van der Waals surface area contributed by atoms with Gasteiger partial charge < -0.3 is 20.1 Å². The summed E-state index contributed by atoms with van der Waals surface area (Å²) in [6.45, 7) is 6.19. The maximum Gasteiger partial charge on any atom is 0.162 e. The topological polar surface area (TPSA) is 68.3 Å². The Bertz CT molecular complexity index is 1030. The minimum atomic E-state index is -0.471. The monoisotopic (exact) mass is 460 g/mol. The van der Waals surface area contributed by atoms with E-state index in [1.807, 2.05) is 12.1 Å². The highest BCUT2D eigenvalue weighted by atomic mass is 35.5. The van der Waals surface area contributed by atoms with E-state index >= 15 is 0 Å². The molecule has 0 saturated heterocycles. The third kappa shape index (κ3) is 6.20. The van der Waals surface area contributed by atoms with E-state index in [0.29, 0.717) is 28.5 Å². The fourth-order valence-corrected chi connectivity index (χ4v) is 3.70. The van der Waals surface area contributed by atoms with Gasteiger partial charge in [0.25, 0.3) is 0 Å². The molecule has 1 heterocycles. The lowest BCUT2D eigenvalue weighted by molar-refractivity contribution is 0.170. The van der Waals surface area contributed by atoms with Crippen molar-refractivity contribution in [2.75, 3.05) is 25.5 Å². The van der Waals surface area contributed by atoms with Crippen LogP contribution in [-0.2, 0) is 0 Å².